The van der Waals surface area contributed by atoms with E-state index >= 15 is 0 Å². The van der Waals surface area contributed by atoms with Gasteiger partial charge in [-0.15, -0.1) is 0 Å². The molecule has 0 radical (unpaired) electrons. The number of ketones is 1. The smallest absolute Gasteiger partial charge is 0.227 e. The number of hydrogen-bond acceptors (Lipinski definition) is 4. The summed E-state index contributed by atoms with van der Waals surface area (Å²) in [5, 5.41) is 3.52. The first-order valence-electron chi connectivity index (χ1n) is 10.4. The van der Waals surface area contributed by atoms with Gasteiger partial charge in [0.2, 0.25) is 5.91 Å². The number of para-hydroxylation sites is 3. The van der Waals surface area contributed by atoms with Crippen molar-refractivity contribution in [3.8, 4) is 5.75 Å². The molecule has 0 saturated carbocycles. The van der Waals surface area contributed by atoms with E-state index in [0.29, 0.717) is 24.2 Å². The predicted molar refractivity (Wildman–Crippen MR) is 119 cm³/mol. The highest BCUT2D eigenvalue weighted by molar-refractivity contribution is 6.06. The fourth-order valence-corrected chi connectivity index (χ4v) is 4.62. The van der Waals surface area contributed by atoms with E-state index in [1.165, 1.54) is 0 Å². The summed E-state index contributed by atoms with van der Waals surface area (Å²) in [6, 6.07) is 14.9. The third-order valence-corrected chi connectivity index (χ3v) is 5.91. The molecule has 1 aliphatic carbocycles. The number of methoxy groups -OCH3 is 1. The van der Waals surface area contributed by atoms with Crippen LogP contribution in [0.3, 0.4) is 0 Å². The number of carbonyl (C=O) groups excluding carboxylic acids is 2. The third-order valence-electron chi connectivity index (χ3n) is 5.91. The summed E-state index contributed by atoms with van der Waals surface area (Å²) in [5.74, 6) is 0.707. The Balaban J connectivity index is 2.04. The molecule has 30 heavy (non-hydrogen) atoms. The number of fused-ring (bicyclic) bond motifs is 1. The Hall–Kier alpha value is -3.08. The van der Waals surface area contributed by atoms with Crippen molar-refractivity contribution in [1.82, 2.24) is 0 Å². The van der Waals surface area contributed by atoms with Crippen LogP contribution in [-0.4, -0.2) is 18.8 Å². The number of rotatable bonds is 3. The number of Topliss-reactive ketones (excluding diaryl/α,β-unsaturated/α-hetero) is 1. The summed E-state index contributed by atoms with van der Waals surface area (Å²) in [5.41, 5.74) is 3.85. The number of nitrogens with one attached hydrogen (secondary N) is 1. The first kappa shape index (κ1) is 20.2. The van der Waals surface area contributed by atoms with Crippen LogP contribution in [-0.2, 0) is 9.59 Å². The highest BCUT2D eigenvalue weighted by atomic mass is 16.5. The first-order valence-corrected chi connectivity index (χ1v) is 10.4. The van der Waals surface area contributed by atoms with Crippen molar-refractivity contribution in [3.63, 3.8) is 0 Å². The lowest BCUT2D eigenvalue weighted by molar-refractivity contribution is -0.119. The van der Waals surface area contributed by atoms with Crippen molar-refractivity contribution >= 4 is 23.1 Å². The molecule has 1 N–H and O–H groups in total. The Kier molecular flexibility index (Phi) is 5.14. The molecule has 0 saturated heterocycles. The molecule has 2 aromatic rings. The first-order chi connectivity index (χ1) is 14.4. The number of allylic oxidation sites excluding steroid dienone is 1. The van der Waals surface area contributed by atoms with E-state index in [9.17, 15) is 9.59 Å². The van der Waals surface area contributed by atoms with Crippen molar-refractivity contribution in [3.05, 3.63) is 65.4 Å². The van der Waals surface area contributed by atoms with Gasteiger partial charge in [-0.3, -0.25) is 14.5 Å². The largest absolute Gasteiger partial charge is 0.496 e. The van der Waals surface area contributed by atoms with Gasteiger partial charge in [0.05, 0.1) is 24.5 Å². The summed E-state index contributed by atoms with van der Waals surface area (Å²) in [6.45, 7) is 6.07. The van der Waals surface area contributed by atoms with Crippen molar-refractivity contribution in [2.24, 2.45) is 5.41 Å². The monoisotopic (exact) mass is 404 g/mol. The van der Waals surface area contributed by atoms with Gasteiger partial charge in [0, 0.05) is 29.7 Å². The minimum absolute atomic E-state index is 0.0356. The van der Waals surface area contributed by atoms with E-state index in [0.717, 1.165) is 29.1 Å². The Morgan fingerprint density at radius 1 is 1.13 bits per heavy atom. The normalized spacial score (nSPS) is 20.1. The van der Waals surface area contributed by atoms with Gasteiger partial charge in [-0.05, 0) is 30.0 Å². The lowest BCUT2D eigenvalue weighted by atomic mass is 9.73. The van der Waals surface area contributed by atoms with Crippen LogP contribution in [0.4, 0.5) is 11.4 Å². The minimum Gasteiger partial charge on any atom is -0.496 e. The number of anilines is 2. The summed E-state index contributed by atoms with van der Waals surface area (Å²) >= 11 is 0. The average Bonchev–Trinajstić information content (AvgIpc) is 2.86. The van der Waals surface area contributed by atoms with Crippen molar-refractivity contribution in [2.45, 2.75) is 46.1 Å². The molecule has 0 fully saturated rings. The second-order valence-electron chi connectivity index (χ2n) is 8.74. The van der Waals surface area contributed by atoms with Crippen LogP contribution in [0.5, 0.6) is 5.75 Å². The Morgan fingerprint density at radius 3 is 2.57 bits per heavy atom. The molecule has 5 nitrogen and oxygen atoms in total. The lowest BCUT2D eigenvalue weighted by Gasteiger charge is -2.37. The highest BCUT2D eigenvalue weighted by Gasteiger charge is 2.43. The van der Waals surface area contributed by atoms with E-state index in [1.807, 2.05) is 55.5 Å². The number of ether oxygens (including phenoxy) is 1. The molecule has 156 valence electrons. The summed E-state index contributed by atoms with van der Waals surface area (Å²) in [4.78, 5) is 28.6. The molecule has 0 unspecified atom stereocenters. The minimum atomic E-state index is -0.539. The van der Waals surface area contributed by atoms with Crippen LogP contribution in [0.2, 0.25) is 0 Å². The molecule has 4 rings (SSSR count). The molecule has 2 aromatic carbocycles. The van der Waals surface area contributed by atoms with Crippen LogP contribution in [0.1, 0.15) is 51.6 Å². The maximum absolute atomic E-state index is 13.5. The molecular formula is C25H28N2O3. The van der Waals surface area contributed by atoms with Crippen LogP contribution >= 0.6 is 0 Å². The van der Waals surface area contributed by atoms with Crippen molar-refractivity contribution < 1.29 is 14.3 Å². The molecule has 5 heteroatoms. The molecule has 0 bridgehead atoms. The van der Waals surface area contributed by atoms with Crippen LogP contribution in [0.25, 0.3) is 0 Å². The third kappa shape index (κ3) is 3.38. The topological polar surface area (TPSA) is 58.6 Å². The van der Waals surface area contributed by atoms with Crippen LogP contribution < -0.4 is 15.0 Å². The zero-order chi connectivity index (χ0) is 21.5. The summed E-state index contributed by atoms with van der Waals surface area (Å²) in [6.07, 6.45) is 1.52. The van der Waals surface area contributed by atoms with Gasteiger partial charge in [-0.2, -0.15) is 0 Å². The van der Waals surface area contributed by atoms with Gasteiger partial charge in [0.1, 0.15) is 5.75 Å². The molecular weight excluding hydrogens is 376 g/mol. The molecule has 1 amide bonds. The van der Waals surface area contributed by atoms with E-state index in [2.05, 4.69) is 19.2 Å². The van der Waals surface area contributed by atoms with Crippen molar-refractivity contribution in [1.29, 1.82) is 0 Å². The number of nitrogens with zero attached hydrogens (tertiary/aromatic N) is 1. The molecule has 0 spiro atoms. The standard InChI is InChI=1S/C25H28N2O3/c1-5-22(29)27-19-12-8-7-11-17(19)26-18-14-25(2,3)15-20(28)23(18)24(27)16-10-6-9-13-21(16)30-4/h6-13,24,26H,5,14-15H2,1-4H3/t24-/m1/s1. The number of amides is 1. The second kappa shape index (κ2) is 7.63. The van der Waals surface area contributed by atoms with Gasteiger partial charge in [-0.1, -0.05) is 51.1 Å². The van der Waals surface area contributed by atoms with E-state index in [1.54, 1.807) is 12.0 Å². The highest BCUT2D eigenvalue weighted by Crippen LogP contribution is 2.49. The Labute approximate surface area is 177 Å². The summed E-state index contributed by atoms with van der Waals surface area (Å²) in [7, 11) is 1.62. The zero-order valence-corrected chi connectivity index (χ0v) is 18.0. The van der Waals surface area contributed by atoms with Crippen molar-refractivity contribution in [2.75, 3.05) is 17.3 Å². The molecule has 0 aromatic heterocycles. The van der Waals surface area contributed by atoms with Gasteiger partial charge in [-0.25, -0.2) is 0 Å². The SMILES string of the molecule is CCC(=O)N1c2ccccc2NC2=C(C(=O)CC(C)(C)C2)[C@H]1c1ccccc1OC. The molecule has 1 heterocycles. The maximum atomic E-state index is 13.5. The average molecular weight is 405 g/mol. The maximum Gasteiger partial charge on any atom is 0.227 e. The fraction of sp³-hybridized carbons (Fsp3) is 0.360. The number of benzene rings is 2. The van der Waals surface area contributed by atoms with Gasteiger partial charge >= 0.3 is 0 Å². The number of carbonyl (C=O) groups is 2. The fourth-order valence-electron chi connectivity index (χ4n) is 4.62. The van der Waals surface area contributed by atoms with Crippen LogP contribution in [0.15, 0.2) is 59.8 Å². The van der Waals surface area contributed by atoms with Gasteiger partial charge in [0.15, 0.2) is 5.78 Å². The second-order valence-corrected chi connectivity index (χ2v) is 8.74. The van der Waals surface area contributed by atoms with E-state index in [-0.39, 0.29) is 17.1 Å². The summed E-state index contributed by atoms with van der Waals surface area (Å²) < 4.78 is 5.65. The van der Waals surface area contributed by atoms with Gasteiger partial charge < -0.3 is 10.1 Å². The molecule has 1 atom stereocenters. The molecule has 1 aliphatic heterocycles. The Bertz CT molecular complexity index is 1040. The number of hydrogen-bond donors (Lipinski definition) is 1. The Morgan fingerprint density at radius 2 is 1.83 bits per heavy atom. The van der Waals surface area contributed by atoms with E-state index in [4.69, 9.17) is 4.74 Å². The van der Waals surface area contributed by atoms with E-state index < -0.39 is 6.04 Å². The molecule has 2 aliphatic rings. The lowest BCUT2D eigenvalue weighted by Crippen LogP contribution is -2.39. The predicted octanol–water partition coefficient (Wildman–Crippen LogP) is 5.25. The zero-order valence-electron chi connectivity index (χ0n) is 18.0. The van der Waals surface area contributed by atoms with Crippen LogP contribution in [0, 0.1) is 5.41 Å². The quantitative estimate of drug-likeness (QED) is 0.759. The van der Waals surface area contributed by atoms with Gasteiger partial charge in [0.25, 0.3) is 0 Å².